The molecule has 2 atom stereocenters. The molecule has 242 valence electrons. The van der Waals surface area contributed by atoms with Crippen LogP contribution < -0.4 is 0 Å². The van der Waals surface area contributed by atoms with Crippen LogP contribution in [0.1, 0.15) is 188 Å². The predicted molar refractivity (Wildman–Crippen MR) is 174 cm³/mol. The number of rotatable bonds is 35. The summed E-state index contributed by atoms with van der Waals surface area (Å²) in [5.41, 5.74) is 0. The summed E-state index contributed by atoms with van der Waals surface area (Å²) in [4.78, 5) is 0. The average Bonchev–Trinajstić information content (AvgIpc) is 2.96. The van der Waals surface area contributed by atoms with Gasteiger partial charge in [0, 0.05) is 6.61 Å². The standard InChI is InChI=1S/C36H74O4/c1-4-7-10-12-14-16-18-20-22-24-26-28-35(37)33-40-36(34-39-32-31-38-30-9-6-3)29-27-25-23-21-19-17-15-13-11-8-5-2/h35-37H,4-34H2,1-3H3. The lowest BCUT2D eigenvalue weighted by Gasteiger charge is -2.20. The van der Waals surface area contributed by atoms with E-state index in [2.05, 4.69) is 20.8 Å². The summed E-state index contributed by atoms with van der Waals surface area (Å²) in [6, 6.07) is 0. The monoisotopic (exact) mass is 571 g/mol. The summed E-state index contributed by atoms with van der Waals surface area (Å²) >= 11 is 0. The van der Waals surface area contributed by atoms with Gasteiger partial charge in [-0.05, 0) is 19.3 Å². The number of hydrogen-bond acceptors (Lipinski definition) is 4. The first-order chi connectivity index (χ1) is 19.7. The summed E-state index contributed by atoms with van der Waals surface area (Å²) in [5, 5.41) is 10.5. The van der Waals surface area contributed by atoms with Crippen LogP contribution in [0.15, 0.2) is 0 Å². The Balaban J connectivity index is 3.94. The molecule has 0 bridgehead atoms. The van der Waals surface area contributed by atoms with Gasteiger partial charge in [0.15, 0.2) is 0 Å². The van der Waals surface area contributed by atoms with Crippen LogP contribution in [0, 0.1) is 0 Å². The van der Waals surface area contributed by atoms with Gasteiger partial charge in [0.2, 0.25) is 0 Å². The third-order valence-corrected chi connectivity index (χ3v) is 8.11. The van der Waals surface area contributed by atoms with E-state index in [1.165, 1.54) is 135 Å². The van der Waals surface area contributed by atoms with Gasteiger partial charge in [-0.2, -0.15) is 0 Å². The van der Waals surface area contributed by atoms with Crippen LogP contribution in [0.3, 0.4) is 0 Å². The Morgan fingerprint density at radius 2 is 0.800 bits per heavy atom. The first kappa shape index (κ1) is 39.8. The molecule has 0 rings (SSSR count). The van der Waals surface area contributed by atoms with Crippen LogP contribution >= 0.6 is 0 Å². The highest BCUT2D eigenvalue weighted by Crippen LogP contribution is 2.15. The molecule has 0 amide bonds. The molecule has 0 heterocycles. The van der Waals surface area contributed by atoms with Gasteiger partial charge in [0.25, 0.3) is 0 Å². The fourth-order valence-corrected chi connectivity index (χ4v) is 5.31. The highest BCUT2D eigenvalue weighted by Gasteiger charge is 2.13. The number of aliphatic hydroxyl groups excluding tert-OH is 1. The Labute approximate surface area is 252 Å². The Bertz CT molecular complexity index is 445. The van der Waals surface area contributed by atoms with E-state index >= 15 is 0 Å². The third kappa shape index (κ3) is 32.4. The summed E-state index contributed by atoms with van der Waals surface area (Å²) in [6.07, 6.45) is 33.5. The molecule has 0 aliphatic heterocycles. The largest absolute Gasteiger partial charge is 0.391 e. The van der Waals surface area contributed by atoms with Crippen molar-refractivity contribution in [2.24, 2.45) is 0 Å². The molecular weight excluding hydrogens is 496 g/mol. The molecule has 0 aromatic rings. The van der Waals surface area contributed by atoms with E-state index in [1.54, 1.807) is 0 Å². The van der Waals surface area contributed by atoms with Crippen molar-refractivity contribution in [1.29, 1.82) is 0 Å². The van der Waals surface area contributed by atoms with Crippen LogP contribution in [0.25, 0.3) is 0 Å². The number of unbranched alkanes of at least 4 members (excludes halogenated alkanes) is 21. The van der Waals surface area contributed by atoms with Crippen molar-refractivity contribution in [1.82, 2.24) is 0 Å². The van der Waals surface area contributed by atoms with Crippen molar-refractivity contribution in [3.63, 3.8) is 0 Å². The fourth-order valence-electron chi connectivity index (χ4n) is 5.31. The van der Waals surface area contributed by atoms with Gasteiger partial charge in [-0.25, -0.2) is 0 Å². The molecule has 2 unspecified atom stereocenters. The SMILES string of the molecule is CCCCCCCCCCCCCC(O)COC(CCCCCCCCCCCCC)COCCOCCCC. The van der Waals surface area contributed by atoms with E-state index in [0.717, 1.165) is 38.7 Å². The minimum absolute atomic E-state index is 0.0844. The van der Waals surface area contributed by atoms with Crippen LogP contribution in [-0.2, 0) is 14.2 Å². The Hall–Kier alpha value is -0.160. The Kier molecular flexibility index (Phi) is 34.9. The summed E-state index contributed by atoms with van der Waals surface area (Å²) < 4.78 is 17.7. The maximum Gasteiger partial charge on any atom is 0.0809 e. The average molecular weight is 571 g/mol. The molecule has 0 fully saturated rings. The van der Waals surface area contributed by atoms with Gasteiger partial charge < -0.3 is 19.3 Å². The second-order valence-corrected chi connectivity index (χ2v) is 12.3. The molecular formula is C36H74O4. The Morgan fingerprint density at radius 3 is 1.27 bits per heavy atom. The molecule has 0 aromatic carbocycles. The van der Waals surface area contributed by atoms with Gasteiger partial charge >= 0.3 is 0 Å². The smallest absolute Gasteiger partial charge is 0.0809 e. The van der Waals surface area contributed by atoms with E-state index in [4.69, 9.17) is 14.2 Å². The molecule has 0 aliphatic carbocycles. The van der Waals surface area contributed by atoms with E-state index < -0.39 is 0 Å². The van der Waals surface area contributed by atoms with Gasteiger partial charge in [0.1, 0.15) is 0 Å². The number of aliphatic hydroxyl groups is 1. The van der Waals surface area contributed by atoms with Crippen molar-refractivity contribution in [2.75, 3.05) is 33.0 Å². The lowest BCUT2D eigenvalue weighted by molar-refractivity contribution is -0.0613. The van der Waals surface area contributed by atoms with E-state index in [9.17, 15) is 5.11 Å². The minimum atomic E-state index is -0.351. The van der Waals surface area contributed by atoms with Crippen LogP contribution in [-0.4, -0.2) is 50.3 Å². The van der Waals surface area contributed by atoms with Crippen molar-refractivity contribution in [2.45, 2.75) is 200 Å². The summed E-state index contributed by atoms with van der Waals surface area (Å²) in [6.45, 7) is 9.91. The zero-order valence-corrected chi connectivity index (χ0v) is 27.7. The molecule has 4 heteroatoms. The fraction of sp³-hybridized carbons (Fsp3) is 1.00. The lowest BCUT2D eigenvalue weighted by Crippen LogP contribution is -2.26. The van der Waals surface area contributed by atoms with E-state index in [0.29, 0.717) is 26.4 Å². The molecule has 0 saturated heterocycles. The van der Waals surface area contributed by atoms with Gasteiger partial charge in [-0.3, -0.25) is 0 Å². The normalized spacial score (nSPS) is 13.2. The molecule has 1 N–H and O–H groups in total. The van der Waals surface area contributed by atoms with Crippen LogP contribution in [0.5, 0.6) is 0 Å². The van der Waals surface area contributed by atoms with Gasteiger partial charge in [0.05, 0.1) is 38.6 Å². The molecule has 0 aliphatic rings. The second-order valence-electron chi connectivity index (χ2n) is 12.3. The highest BCUT2D eigenvalue weighted by atomic mass is 16.6. The van der Waals surface area contributed by atoms with Crippen molar-refractivity contribution in [3.05, 3.63) is 0 Å². The zero-order valence-electron chi connectivity index (χ0n) is 27.7. The lowest BCUT2D eigenvalue weighted by atomic mass is 10.0. The third-order valence-electron chi connectivity index (χ3n) is 8.11. The first-order valence-electron chi connectivity index (χ1n) is 18.2. The minimum Gasteiger partial charge on any atom is -0.391 e. The highest BCUT2D eigenvalue weighted by molar-refractivity contribution is 4.62. The molecule has 0 aromatic heterocycles. The quantitative estimate of drug-likeness (QED) is 0.0770. The van der Waals surface area contributed by atoms with Crippen LogP contribution in [0.2, 0.25) is 0 Å². The van der Waals surface area contributed by atoms with E-state index in [1.807, 2.05) is 0 Å². The summed E-state index contributed by atoms with van der Waals surface area (Å²) in [5.74, 6) is 0. The van der Waals surface area contributed by atoms with Gasteiger partial charge in [-0.1, -0.05) is 168 Å². The van der Waals surface area contributed by atoms with Crippen molar-refractivity contribution < 1.29 is 19.3 Å². The summed E-state index contributed by atoms with van der Waals surface area (Å²) in [7, 11) is 0. The zero-order chi connectivity index (χ0) is 29.2. The predicted octanol–water partition coefficient (Wildman–Crippen LogP) is 11.0. The number of hydrogen-bond donors (Lipinski definition) is 1. The van der Waals surface area contributed by atoms with Crippen molar-refractivity contribution >= 4 is 0 Å². The van der Waals surface area contributed by atoms with Crippen molar-refractivity contribution in [3.8, 4) is 0 Å². The maximum absolute atomic E-state index is 10.5. The van der Waals surface area contributed by atoms with E-state index in [-0.39, 0.29) is 12.2 Å². The maximum atomic E-state index is 10.5. The first-order valence-corrected chi connectivity index (χ1v) is 18.2. The van der Waals surface area contributed by atoms with Crippen LogP contribution in [0.4, 0.5) is 0 Å². The molecule has 0 spiro atoms. The molecule has 4 nitrogen and oxygen atoms in total. The molecule has 0 saturated carbocycles. The number of ether oxygens (including phenoxy) is 3. The van der Waals surface area contributed by atoms with Gasteiger partial charge in [-0.15, -0.1) is 0 Å². The Morgan fingerprint density at radius 1 is 0.400 bits per heavy atom. The molecule has 0 radical (unpaired) electrons. The second kappa shape index (κ2) is 35.0. The molecule has 40 heavy (non-hydrogen) atoms. The topological polar surface area (TPSA) is 47.9 Å².